The number of carbonyl (C=O) groups is 1. The highest BCUT2D eigenvalue weighted by atomic mass is 35.5. The van der Waals surface area contributed by atoms with E-state index in [1.807, 2.05) is 30.3 Å². The van der Waals surface area contributed by atoms with Crippen molar-refractivity contribution in [3.05, 3.63) is 105 Å². The van der Waals surface area contributed by atoms with E-state index in [2.05, 4.69) is 29.4 Å². The van der Waals surface area contributed by atoms with Gasteiger partial charge in [-0.25, -0.2) is 4.79 Å². The van der Waals surface area contributed by atoms with Crippen LogP contribution in [-0.2, 0) is 13.0 Å². The third-order valence-corrected chi connectivity index (χ3v) is 6.04. The van der Waals surface area contributed by atoms with E-state index in [1.165, 1.54) is 0 Å². The molecule has 34 heavy (non-hydrogen) atoms. The molecule has 2 amide bonds. The predicted octanol–water partition coefficient (Wildman–Crippen LogP) is 5.78. The molecule has 0 saturated carbocycles. The van der Waals surface area contributed by atoms with E-state index in [1.54, 1.807) is 42.3 Å². The van der Waals surface area contributed by atoms with Crippen LogP contribution in [0.5, 0.6) is 5.75 Å². The number of aromatic amines is 1. The number of aryl methyl sites for hydroxylation is 1. The second kappa shape index (κ2) is 10.4. The number of hydrogen-bond acceptors (Lipinski definition) is 3. The Kier molecular flexibility index (Phi) is 7.18. The van der Waals surface area contributed by atoms with Crippen LogP contribution in [0.15, 0.2) is 77.6 Å². The van der Waals surface area contributed by atoms with Crippen molar-refractivity contribution in [3.63, 3.8) is 0 Å². The number of aromatic nitrogens is 1. The molecule has 0 aliphatic carbocycles. The van der Waals surface area contributed by atoms with Gasteiger partial charge in [0.05, 0.1) is 13.7 Å². The van der Waals surface area contributed by atoms with Crippen molar-refractivity contribution in [1.29, 1.82) is 0 Å². The molecule has 0 radical (unpaired) electrons. The number of fused-ring (bicyclic) bond motifs is 1. The molecule has 174 valence electrons. The molecule has 2 N–H and O–H groups in total. The summed E-state index contributed by atoms with van der Waals surface area (Å²) in [6, 6.07) is 22.0. The topological polar surface area (TPSA) is 74.4 Å². The number of pyridine rings is 1. The van der Waals surface area contributed by atoms with Gasteiger partial charge in [0.1, 0.15) is 5.75 Å². The van der Waals surface area contributed by atoms with Gasteiger partial charge in [0.15, 0.2) is 0 Å². The van der Waals surface area contributed by atoms with Gasteiger partial charge in [0.2, 0.25) is 0 Å². The fraction of sp³-hybridized carbons (Fsp3) is 0.185. The highest BCUT2D eigenvalue weighted by Crippen LogP contribution is 2.20. The van der Waals surface area contributed by atoms with E-state index in [0.29, 0.717) is 40.5 Å². The lowest BCUT2D eigenvalue weighted by Gasteiger charge is -2.24. The van der Waals surface area contributed by atoms with Crippen molar-refractivity contribution in [2.75, 3.05) is 19.0 Å². The van der Waals surface area contributed by atoms with Gasteiger partial charge in [-0.2, -0.15) is 0 Å². The number of hydrogen-bond donors (Lipinski definition) is 2. The van der Waals surface area contributed by atoms with Gasteiger partial charge < -0.3 is 19.9 Å². The van der Waals surface area contributed by atoms with Crippen molar-refractivity contribution < 1.29 is 9.53 Å². The van der Waals surface area contributed by atoms with Crippen LogP contribution in [0.25, 0.3) is 10.9 Å². The summed E-state index contributed by atoms with van der Waals surface area (Å²) in [5.74, 6) is 0.697. The highest BCUT2D eigenvalue weighted by molar-refractivity contribution is 6.30. The Balaban J connectivity index is 1.61. The normalized spacial score (nSPS) is 10.8. The zero-order valence-electron chi connectivity index (χ0n) is 19.1. The summed E-state index contributed by atoms with van der Waals surface area (Å²) in [4.78, 5) is 30.6. The molecule has 0 bridgehead atoms. The standard InChI is InChI=1S/C27H26ClN3O3/c1-18-5-3-4-6-19(18)13-14-31(27(33)29-23-9-7-22(28)8-10-23)17-21-15-20-16-24(34-2)11-12-25(20)30-26(21)32/h3-12,15-16H,13-14,17H2,1-2H3,(H,29,33)(H,30,32). The molecule has 7 heteroatoms. The van der Waals surface area contributed by atoms with Crippen LogP contribution < -0.4 is 15.6 Å². The van der Waals surface area contributed by atoms with Crippen LogP contribution in [0.1, 0.15) is 16.7 Å². The van der Waals surface area contributed by atoms with Crippen molar-refractivity contribution in [2.24, 2.45) is 0 Å². The van der Waals surface area contributed by atoms with Gasteiger partial charge in [0.25, 0.3) is 5.56 Å². The number of urea groups is 1. The maximum atomic E-state index is 13.2. The van der Waals surface area contributed by atoms with Crippen LogP contribution in [0.2, 0.25) is 5.02 Å². The first kappa shape index (κ1) is 23.4. The minimum atomic E-state index is -0.291. The number of methoxy groups -OCH3 is 1. The maximum Gasteiger partial charge on any atom is 0.322 e. The molecule has 6 nitrogen and oxygen atoms in total. The first-order chi connectivity index (χ1) is 16.4. The zero-order chi connectivity index (χ0) is 24.1. The number of rotatable bonds is 7. The molecule has 0 atom stereocenters. The summed E-state index contributed by atoms with van der Waals surface area (Å²) < 4.78 is 5.31. The third kappa shape index (κ3) is 5.58. The Bertz CT molecular complexity index is 1370. The molecule has 1 aromatic heterocycles. The Labute approximate surface area is 203 Å². The van der Waals surface area contributed by atoms with Crippen LogP contribution in [0.4, 0.5) is 10.5 Å². The first-order valence-corrected chi connectivity index (χ1v) is 11.4. The number of H-pyrrole nitrogens is 1. The third-order valence-electron chi connectivity index (χ3n) is 5.78. The Morgan fingerprint density at radius 2 is 1.79 bits per heavy atom. The number of ether oxygens (including phenoxy) is 1. The molecule has 0 spiro atoms. The Morgan fingerprint density at radius 1 is 1.03 bits per heavy atom. The lowest BCUT2D eigenvalue weighted by atomic mass is 10.1. The summed E-state index contributed by atoms with van der Waals surface area (Å²) in [5.41, 5.74) is 3.94. The number of amides is 2. The summed E-state index contributed by atoms with van der Waals surface area (Å²) in [5, 5.41) is 4.34. The Hall–Kier alpha value is -3.77. The average molecular weight is 476 g/mol. The van der Waals surface area contributed by atoms with Gasteiger partial charge in [-0.15, -0.1) is 0 Å². The SMILES string of the molecule is COc1ccc2[nH]c(=O)c(CN(CCc3ccccc3C)C(=O)Nc3ccc(Cl)cc3)cc2c1. The molecular formula is C27H26ClN3O3. The largest absolute Gasteiger partial charge is 0.497 e. The van der Waals surface area contributed by atoms with Crippen LogP contribution in [-0.4, -0.2) is 29.6 Å². The molecule has 4 rings (SSSR count). The quantitative estimate of drug-likeness (QED) is 0.356. The van der Waals surface area contributed by atoms with Crippen molar-refractivity contribution in [1.82, 2.24) is 9.88 Å². The molecule has 0 aliphatic heterocycles. The van der Waals surface area contributed by atoms with Gasteiger partial charge in [-0.05, 0) is 73.0 Å². The van der Waals surface area contributed by atoms with Crippen molar-refractivity contribution in [2.45, 2.75) is 19.9 Å². The second-order valence-electron chi connectivity index (χ2n) is 8.11. The van der Waals surface area contributed by atoms with Gasteiger partial charge in [-0.1, -0.05) is 35.9 Å². The van der Waals surface area contributed by atoms with Crippen LogP contribution in [0, 0.1) is 6.92 Å². The number of halogens is 1. The predicted molar refractivity (Wildman–Crippen MR) is 137 cm³/mol. The van der Waals surface area contributed by atoms with E-state index in [4.69, 9.17) is 16.3 Å². The van der Waals surface area contributed by atoms with E-state index in [0.717, 1.165) is 16.5 Å². The fourth-order valence-corrected chi connectivity index (χ4v) is 3.94. The molecule has 3 aromatic carbocycles. The number of benzene rings is 3. The Morgan fingerprint density at radius 3 is 2.53 bits per heavy atom. The lowest BCUT2D eigenvalue weighted by Crippen LogP contribution is -2.37. The molecule has 0 unspecified atom stereocenters. The maximum absolute atomic E-state index is 13.2. The lowest BCUT2D eigenvalue weighted by molar-refractivity contribution is 0.209. The summed E-state index contributed by atoms with van der Waals surface area (Å²) in [6.45, 7) is 2.66. The molecule has 0 fully saturated rings. The fourth-order valence-electron chi connectivity index (χ4n) is 3.81. The van der Waals surface area contributed by atoms with Gasteiger partial charge in [0, 0.05) is 33.7 Å². The molecule has 0 saturated heterocycles. The highest BCUT2D eigenvalue weighted by Gasteiger charge is 2.17. The first-order valence-electron chi connectivity index (χ1n) is 11.0. The van der Waals surface area contributed by atoms with E-state index < -0.39 is 0 Å². The number of nitrogens with zero attached hydrogens (tertiary/aromatic N) is 1. The van der Waals surface area contributed by atoms with E-state index in [-0.39, 0.29) is 18.1 Å². The van der Waals surface area contributed by atoms with Gasteiger partial charge >= 0.3 is 6.03 Å². The number of nitrogens with one attached hydrogen (secondary N) is 2. The molecule has 0 aliphatic rings. The zero-order valence-corrected chi connectivity index (χ0v) is 19.9. The summed E-state index contributed by atoms with van der Waals surface area (Å²) in [6.07, 6.45) is 0.667. The summed E-state index contributed by atoms with van der Waals surface area (Å²) in [7, 11) is 1.60. The van der Waals surface area contributed by atoms with Crippen molar-refractivity contribution in [3.8, 4) is 5.75 Å². The number of anilines is 1. The molecule has 4 aromatic rings. The minimum absolute atomic E-state index is 0.161. The smallest absolute Gasteiger partial charge is 0.322 e. The molecular weight excluding hydrogens is 450 g/mol. The van der Waals surface area contributed by atoms with E-state index in [9.17, 15) is 9.59 Å². The minimum Gasteiger partial charge on any atom is -0.497 e. The monoisotopic (exact) mass is 475 g/mol. The van der Waals surface area contributed by atoms with Crippen molar-refractivity contribution >= 4 is 34.2 Å². The van der Waals surface area contributed by atoms with E-state index >= 15 is 0 Å². The van der Waals surface area contributed by atoms with Gasteiger partial charge in [-0.3, -0.25) is 4.79 Å². The second-order valence-corrected chi connectivity index (χ2v) is 8.55. The summed E-state index contributed by atoms with van der Waals surface area (Å²) >= 11 is 5.97. The van der Waals surface area contributed by atoms with Crippen LogP contribution in [0.3, 0.4) is 0 Å². The number of carbonyl (C=O) groups excluding carboxylic acids is 1. The molecule has 1 heterocycles. The van der Waals surface area contributed by atoms with Crippen LogP contribution >= 0.6 is 11.6 Å². The average Bonchev–Trinajstić information content (AvgIpc) is 2.84.